The fourth-order valence-corrected chi connectivity index (χ4v) is 2.94. The molecule has 0 radical (unpaired) electrons. The number of imidazole rings is 1. The molecule has 4 rings (SSSR count). The summed E-state index contributed by atoms with van der Waals surface area (Å²) in [6.07, 6.45) is 1.56. The van der Waals surface area contributed by atoms with Crippen LogP contribution in [-0.2, 0) is 4.79 Å². The van der Waals surface area contributed by atoms with Crippen LogP contribution in [0.15, 0.2) is 67.0 Å². The van der Waals surface area contributed by atoms with Crippen molar-refractivity contribution in [1.29, 1.82) is 0 Å². The van der Waals surface area contributed by atoms with Crippen LogP contribution in [0.3, 0.4) is 0 Å². The van der Waals surface area contributed by atoms with Crippen LogP contribution in [0.1, 0.15) is 24.1 Å². The SMILES string of the molecule is CC(=O)Nc1nc(NC(c2ccccc2)c2ccccc2)c2[nH]cnc2n1. The molecule has 7 nitrogen and oxygen atoms in total. The van der Waals surface area contributed by atoms with Crippen LogP contribution in [0.25, 0.3) is 11.2 Å². The number of fused-ring (bicyclic) bond motifs is 1. The molecule has 2 aromatic carbocycles. The summed E-state index contributed by atoms with van der Waals surface area (Å²) in [6.45, 7) is 1.42. The van der Waals surface area contributed by atoms with Crippen LogP contribution in [-0.4, -0.2) is 25.8 Å². The predicted octanol–water partition coefficient (Wildman–Crippen LogP) is 3.51. The van der Waals surface area contributed by atoms with Crippen molar-refractivity contribution in [3.8, 4) is 0 Å². The Morgan fingerprint density at radius 3 is 2.19 bits per heavy atom. The maximum absolute atomic E-state index is 11.4. The van der Waals surface area contributed by atoms with Gasteiger partial charge < -0.3 is 10.3 Å². The summed E-state index contributed by atoms with van der Waals surface area (Å²) in [6, 6.07) is 20.1. The van der Waals surface area contributed by atoms with Crippen molar-refractivity contribution in [3.63, 3.8) is 0 Å². The van der Waals surface area contributed by atoms with Crippen LogP contribution < -0.4 is 10.6 Å². The zero-order chi connectivity index (χ0) is 18.6. The number of rotatable bonds is 5. The second-order valence-electron chi connectivity index (χ2n) is 6.08. The molecule has 0 bridgehead atoms. The monoisotopic (exact) mass is 358 g/mol. The van der Waals surface area contributed by atoms with E-state index in [2.05, 4.69) is 54.8 Å². The number of hydrogen-bond donors (Lipinski definition) is 3. The van der Waals surface area contributed by atoms with E-state index in [-0.39, 0.29) is 17.9 Å². The van der Waals surface area contributed by atoms with Crippen molar-refractivity contribution < 1.29 is 4.79 Å². The highest BCUT2D eigenvalue weighted by atomic mass is 16.1. The van der Waals surface area contributed by atoms with Crippen molar-refractivity contribution in [3.05, 3.63) is 78.1 Å². The lowest BCUT2D eigenvalue weighted by Crippen LogP contribution is -2.16. The summed E-state index contributed by atoms with van der Waals surface area (Å²) in [5.74, 6) is 0.543. The minimum Gasteiger partial charge on any atom is -0.357 e. The molecule has 0 saturated heterocycles. The number of amides is 1. The van der Waals surface area contributed by atoms with Gasteiger partial charge in [-0.05, 0) is 11.1 Å². The van der Waals surface area contributed by atoms with E-state index in [1.54, 1.807) is 6.33 Å². The highest BCUT2D eigenvalue weighted by Crippen LogP contribution is 2.28. The van der Waals surface area contributed by atoms with Crippen LogP contribution >= 0.6 is 0 Å². The van der Waals surface area contributed by atoms with Crippen molar-refractivity contribution in [1.82, 2.24) is 19.9 Å². The molecule has 1 amide bonds. The minimum absolute atomic E-state index is 0.126. The summed E-state index contributed by atoms with van der Waals surface area (Å²) in [5, 5.41) is 6.11. The Balaban J connectivity index is 1.79. The summed E-state index contributed by atoms with van der Waals surface area (Å²) in [7, 11) is 0. The first-order chi connectivity index (χ1) is 13.2. The van der Waals surface area contributed by atoms with Crippen LogP contribution in [0.2, 0.25) is 0 Å². The summed E-state index contributed by atoms with van der Waals surface area (Å²) >= 11 is 0. The molecular weight excluding hydrogens is 340 g/mol. The highest BCUT2D eigenvalue weighted by Gasteiger charge is 2.18. The number of carbonyl (C=O) groups is 1. The molecule has 0 atom stereocenters. The van der Waals surface area contributed by atoms with E-state index in [4.69, 9.17) is 0 Å². The Labute approximate surface area is 155 Å². The lowest BCUT2D eigenvalue weighted by atomic mass is 9.99. The fraction of sp³-hybridized carbons (Fsp3) is 0.100. The second-order valence-corrected chi connectivity index (χ2v) is 6.08. The largest absolute Gasteiger partial charge is 0.357 e. The number of H-pyrrole nitrogens is 1. The standard InChI is InChI=1S/C20H18N6O/c1-13(27)23-20-25-18-17(21-12-22-18)19(26-20)24-16(14-8-4-2-5-9-14)15-10-6-3-7-11-15/h2-12,16H,1H3,(H3,21,22,23,24,25,26,27). The van der Waals surface area contributed by atoms with Gasteiger partial charge in [0.2, 0.25) is 11.9 Å². The number of aromatic amines is 1. The third-order valence-electron chi connectivity index (χ3n) is 4.12. The topological polar surface area (TPSA) is 95.6 Å². The third-order valence-corrected chi connectivity index (χ3v) is 4.12. The van der Waals surface area contributed by atoms with Crippen molar-refractivity contribution >= 4 is 28.8 Å². The van der Waals surface area contributed by atoms with Crippen molar-refractivity contribution in [2.24, 2.45) is 0 Å². The van der Waals surface area contributed by atoms with Gasteiger partial charge in [-0.3, -0.25) is 10.1 Å². The second kappa shape index (κ2) is 7.25. The lowest BCUT2D eigenvalue weighted by Gasteiger charge is -2.21. The zero-order valence-electron chi connectivity index (χ0n) is 14.7. The molecule has 134 valence electrons. The number of benzene rings is 2. The Kier molecular flexibility index (Phi) is 4.49. The summed E-state index contributed by atoms with van der Waals surface area (Å²) < 4.78 is 0. The Hall–Kier alpha value is -3.74. The van der Waals surface area contributed by atoms with E-state index in [1.807, 2.05) is 36.4 Å². The zero-order valence-corrected chi connectivity index (χ0v) is 14.7. The predicted molar refractivity (Wildman–Crippen MR) is 104 cm³/mol. The average Bonchev–Trinajstić information content (AvgIpc) is 3.15. The Bertz CT molecular complexity index is 1020. The Morgan fingerprint density at radius 2 is 1.59 bits per heavy atom. The molecule has 0 aliphatic heterocycles. The van der Waals surface area contributed by atoms with Gasteiger partial charge in [-0.1, -0.05) is 60.7 Å². The first kappa shape index (κ1) is 16.7. The van der Waals surface area contributed by atoms with Gasteiger partial charge in [0.05, 0.1) is 12.4 Å². The van der Waals surface area contributed by atoms with Gasteiger partial charge in [0.1, 0.15) is 5.52 Å². The number of carbonyl (C=O) groups excluding carboxylic acids is 1. The van der Waals surface area contributed by atoms with E-state index in [9.17, 15) is 4.79 Å². The van der Waals surface area contributed by atoms with E-state index in [0.717, 1.165) is 11.1 Å². The van der Waals surface area contributed by atoms with Gasteiger partial charge in [-0.2, -0.15) is 9.97 Å². The quantitative estimate of drug-likeness (QED) is 0.507. The average molecular weight is 358 g/mol. The van der Waals surface area contributed by atoms with Gasteiger partial charge in [0.15, 0.2) is 11.5 Å². The molecular formula is C20H18N6O. The Morgan fingerprint density at radius 1 is 0.963 bits per heavy atom. The fourth-order valence-electron chi connectivity index (χ4n) is 2.94. The molecule has 0 aliphatic carbocycles. The maximum atomic E-state index is 11.4. The van der Waals surface area contributed by atoms with E-state index >= 15 is 0 Å². The molecule has 0 saturated carbocycles. The highest BCUT2D eigenvalue weighted by molar-refractivity contribution is 5.90. The molecule has 3 N–H and O–H groups in total. The van der Waals surface area contributed by atoms with E-state index in [0.29, 0.717) is 17.0 Å². The van der Waals surface area contributed by atoms with Gasteiger partial charge in [-0.25, -0.2) is 4.98 Å². The molecule has 27 heavy (non-hydrogen) atoms. The summed E-state index contributed by atoms with van der Waals surface area (Å²) in [4.78, 5) is 27.4. The number of nitrogens with one attached hydrogen (secondary N) is 3. The molecule has 4 aromatic rings. The van der Waals surface area contributed by atoms with E-state index < -0.39 is 0 Å². The third kappa shape index (κ3) is 3.62. The maximum Gasteiger partial charge on any atom is 0.233 e. The van der Waals surface area contributed by atoms with E-state index in [1.165, 1.54) is 6.92 Å². The number of hydrogen-bond acceptors (Lipinski definition) is 5. The van der Waals surface area contributed by atoms with Gasteiger partial charge in [0, 0.05) is 6.92 Å². The molecule has 2 aromatic heterocycles. The molecule has 7 heteroatoms. The smallest absolute Gasteiger partial charge is 0.233 e. The normalized spacial score (nSPS) is 10.9. The van der Waals surface area contributed by atoms with Gasteiger partial charge >= 0.3 is 0 Å². The molecule has 0 fully saturated rings. The molecule has 0 aliphatic rings. The van der Waals surface area contributed by atoms with Crippen LogP contribution in [0.4, 0.5) is 11.8 Å². The van der Waals surface area contributed by atoms with Crippen LogP contribution in [0.5, 0.6) is 0 Å². The van der Waals surface area contributed by atoms with Gasteiger partial charge in [0.25, 0.3) is 0 Å². The van der Waals surface area contributed by atoms with Crippen LogP contribution in [0, 0.1) is 0 Å². The summed E-state index contributed by atoms with van der Waals surface area (Å²) in [5.41, 5.74) is 3.35. The number of aromatic nitrogens is 4. The first-order valence-electron chi connectivity index (χ1n) is 8.56. The number of nitrogens with zero attached hydrogens (tertiary/aromatic N) is 3. The molecule has 2 heterocycles. The van der Waals surface area contributed by atoms with Gasteiger partial charge in [-0.15, -0.1) is 0 Å². The lowest BCUT2D eigenvalue weighted by molar-refractivity contribution is -0.114. The first-order valence-corrected chi connectivity index (χ1v) is 8.56. The van der Waals surface area contributed by atoms with Crippen molar-refractivity contribution in [2.75, 3.05) is 10.6 Å². The van der Waals surface area contributed by atoms with Crippen molar-refractivity contribution in [2.45, 2.75) is 13.0 Å². The number of anilines is 2. The molecule has 0 unspecified atom stereocenters. The molecule has 0 spiro atoms. The minimum atomic E-state index is -0.237.